The van der Waals surface area contributed by atoms with Crippen LogP contribution in [0.3, 0.4) is 0 Å². The van der Waals surface area contributed by atoms with Gasteiger partial charge in [0.25, 0.3) is 0 Å². The van der Waals surface area contributed by atoms with Gasteiger partial charge in [0.15, 0.2) is 11.6 Å². The van der Waals surface area contributed by atoms with Crippen molar-refractivity contribution in [2.24, 2.45) is 23.7 Å². The second-order valence-corrected chi connectivity index (χ2v) is 56.4. The third kappa shape index (κ3) is 70.8. The van der Waals surface area contributed by atoms with Gasteiger partial charge >= 0.3 is 59.7 Å². The molecule has 1 aliphatic carbocycles. The summed E-state index contributed by atoms with van der Waals surface area (Å²) in [6.45, 7) is 58.2. The van der Waals surface area contributed by atoms with Gasteiger partial charge in [-0.1, -0.05) is 210 Å². The Kier molecular flexibility index (Phi) is 81.5. The van der Waals surface area contributed by atoms with E-state index in [9.17, 15) is 47.9 Å². The first-order valence-corrected chi connectivity index (χ1v) is 63.8. The van der Waals surface area contributed by atoms with E-state index in [2.05, 4.69) is 168 Å². The number of quaternary nitrogens is 8. The molecule has 8 aliphatic rings. The Bertz CT molecular complexity index is 3340. The molecule has 1 saturated carbocycles. The third-order valence-electron chi connectivity index (χ3n) is 25.7. The van der Waals surface area contributed by atoms with Gasteiger partial charge in [0, 0.05) is 105 Å². The lowest BCUT2D eigenvalue weighted by molar-refractivity contribution is -0.910. The fraction of sp³-hybridized carbons (Fsp3) is 0.900. The number of nitrogens with two attached hydrogens (primary N) is 4. The van der Waals surface area contributed by atoms with Gasteiger partial charge in [-0.25, -0.2) is 4.79 Å². The number of rotatable bonds is 49. The van der Waals surface area contributed by atoms with Gasteiger partial charge in [-0.2, -0.15) is 0 Å². The Labute approximate surface area is 979 Å². The molecule has 43 heteroatoms. The van der Waals surface area contributed by atoms with Crippen LogP contribution in [-0.4, -0.2) is 353 Å². The molecule has 7 heterocycles. The number of hydrogen-bond acceptors (Lipinski definition) is 26. The Balaban J connectivity index is 0.000000820. The maximum absolute atomic E-state index is 11.9. The Hall–Kier alpha value is 0.710. The lowest BCUT2D eigenvalue weighted by atomic mass is 9.83. The summed E-state index contributed by atoms with van der Waals surface area (Å²) in [5.41, 5.74) is 2.26. The van der Waals surface area contributed by atoms with Crippen molar-refractivity contribution in [1.29, 1.82) is 0 Å². The second-order valence-electron chi connectivity index (χ2n) is 40.6. The molecule has 143 heavy (non-hydrogen) atoms. The largest absolute Gasteiger partial charge is 0.462 e. The maximum Gasteiger partial charge on any atom is 0.368 e. The zero-order valence-electron chi connectivity index (χ0n) is 89.2. The Morgan fingerprint density at radius 1 is 0.371 bits per heavy atom. The first kappa shape index (κ1) is 142. The van der Waals surface area contributed by atoms with E-state index in [0.717, 1.165) is 203 Å². The maximum atomic E-state index is 11.9. The number of likely N-dealkylation sites (tertiary alicyclic amines) is 1. The Morgan fingerprint density at radius 3 is 1.06 bits per heavy atom. The van der Waals surface area contributed by atoms with E-state index in [4.69, 9.17) is 75.8 Å². The summed E-state index contributed by atoms with van der Waals surface area (Å²) in [6.07, 6.45) is 21.9. The average Bonchev–Trinajstić information content (AvgIpc) is 0.851. The molecule has 838 valence electrons. The van der Waals surface area contributed by atoms with E-state index in [-0.39, 0.29) is 118 Å². The quantitative estimate of drug-likeness (QED) is 0.0105. The summed E-state index contributed by atoms with van der Waals surface area (Å²) in [7, 11) is 0. The van der Waals surface area contributed by atoms with Crippen molar-refractivity contribution in [3.8, 4) is 0 Å². The number of carbonyl (C=O) groups excluding carboxylic acids is 10. The molecule has 0 radical (unpaired) electrons. The molecule has 34 nitrogen and oxygen atoms in total. The molecule has 0 bridgehead atoms. The number of piperidine rings is 5. The van der Waals surface area contributed by atoms with Gasteiger partial charge < -0.3 is 117 Å². The molecule has 5 atom stereocenters. The minimum atomic E-state index is -0.585. The van der Waals surface area contributed by atoms with Crippen LogP contribution in [0.4, 0.5) is 0 Å². The first-order chi connectivity index (χ1) is 67.5. The fourth-order valence-electron chi connectivity index (χ4n) is 16.6. The summed E-state index contributed by atoms with van der Waals surface area (Å²) in [6, 6.07) is 0. The number of ether oxygens (including phenoxy) is 16. The monoisotopic (exact) mass is 3060 g/mol. The molecule has 5 unspecified atom stereocenters. The van der Waals surface area contributed by atoms with E-state index in [1.54, 1.807) is 25.7 Å². The van der Waals surface area contributed by atoms with Gasteiger partial charge in [0.2, 0.25) is 0 Å². The lowest BCUT2D eigenvalue weighted by Crippen LogP contribution is -3.15. The molecule has 0 amide bonds. The predicted molar refractivity (Wildman–Crippen MR) is 627 cm³/mol. The molecule has 7 saturated heterocycles. The number of halogens is 9. The molecular weight excluding hydrogens is 2870 g/mol. The Morgan fingerprint density at radius 2 is 0.692 bits per heavy atom. The van der Waals surface area contributed by atoms with Gasteiger partial charge in [-0.05, 0) is 167 Å². The van der Waals surface area contributed by atoms with E-state index >= 15 is 0 Å². The normalized spacial score (nSPS) is 18.8. The van der Waals surface area contributed by atoms with Gasteiger partial charge in [-0.15, -0.1) is 0 Å². The molecule has 0 aromatic rings. The van der Waals surface area contributed by atoms with Crippen LogP contribution in [-0.2, 0) is 124 Å². The number of carbonyl (C=O) groups is 10. The minimum Gasteiger partial charge on any atom is -0.462 e. The number of hydrogen-bond donors (Lipinski definition) is 8. The number of esters is 10. The summed E-state index contributed by atoms with van der Waals surface area (Å²) >= 11 is 18.9. The van der Waals surface area contributed by atoms with Crippen LogP contribution < -0.4 is 41.7 Å². The number of alkyl halides is 9. The topological polar surface area (TPSA) is 426 Å². The van der Waals surface area contributed by atoms with Crippen LogP contribution in [0.25, 0.3) is 0 Å². The van der Waals surface area contributed by atoms with Crippen molar-refractivity contribution in [1.82, 2.24) is 0 Å². The molecule has 7 aliphatic heterocycles. The van der Waals surface area contributed by atoms with Crippen LogP contribution in [0.1, 0.15) is 246 Å². The van der Waals surface area contributed by atoms with Crippen molar-refractivity contribution in [3.05, 3.63) is 0 Å². The lowest BCUT2D eigenvalue weighted by Gasteiger charge is -2.35. The summed E-state index contributed by atoms with van der Waals surface area (Å²) < 4.78 is 86.6. The van der Waals surface area contributed by atoms with E-state index in [1.165, 1.54) is 68.3 Å². The average molecular weight is 3060 g/mol. The summed E-state index contributed by atoms with van der Waals surface area (Å²) in [4.78, 5) is 120. The van der Waals surface area contributed by atoms with Crippen molar-refractivity contribution in [2.45, 2.75) is 302 Å². The van der Waals surface area contributed by atoms with Crippen LogP contribution >= 0.6 is 203 Å². The molecule has 0 aromatic carbocycles. The zero-order valence-corrected chi connectivity index (χ0v) is 109. The minimum absolute atomic E-state index is 0.0191. The van der Waals surface area contributed by atoms with Crippen LogP contribution in [0.15, 0.2) is 0 Å². The van der Waals surface area contributed by atoms with Crippen molar-refractivity contribution < 1.29 is 165 Å². The van der Waals surface area contributed by atoms with E-state index in [0.29, 0.717) is 114 Å². The zero-order chi connectivity index (χ0) is 107. The first-order valence-electron chi connectivity index (χ1n) is 52.1. The number of morpholine rings is 2. The van der Waals surface area contributed by atoms with Gasteiger partial charge in [-0.3, -0.25) is 43.2 Å². The highest BCUT2D eigenvalue weighted by atomic mass is 127. The van der Waals surface area contributed by atoms with Crippen LogP contribution in [0, 0.1) is 23.7 Å². The van der Waals surface area contributed by atoms with E-state index in [1.807, 2.05) is 153 Å². The van der Waals surface area contributed by atoms with Crippen molar-refractivity contribution in [2.75, 3.05) is 237 Å². The highest BCUT2D eigenvalue weighted by molar-refractivity contribution is 14.1. The smallest absolute Gasteiger partial charge is 0.368 e. The van der Waals surface area contributed by atoms with E-state index < -0.39 is 18.5 Å². The van der Waals surface area contributed by atoms with Crippen molar-refractivity contribution >= 4 is 263 Å². The number of unbranched alkanes of at least 4 members (excludes halogenated alkanes) is 1. The molecule has 14 N–H and O–H groups in total. The third-order valence-corrected chi connectivity index (χ3v) is 30.7. The van der Waals surface area contributed by atoms with Crippen LogP contribution in [0.2, 0.25) is 0 Å². The standard InChI is InChI=1S/C15H28INO4.C14H26INO5.C13H21I2NO5.C13H24INO2.C12H20INO4.C12H22INO2.C11H20INO2.C10H18INO2/c1-15(2,16)14(18)21-13-12-20-11-10-19-9-8-17-6-4-3-5-7-17;1-14(2,15)13(17)21-12-11-20-10-9-19-8-5-16-3-6-18-7-4-16;1-9(14)12(17)20-8-11(21-13(18)10(2)15)7-16-3-5-19-6-4-16;1-13(2,11-6-9-15-10-7-11)17-12(16)5-3-4-8-14;1-9(13)10(15)17-7-8-18-11(16)12(14)5-3-2-4-6-12;1-12(2,10-5-8-14-9-6-10)16-11(15)4-3-7-13;1-8(12)10(14)15-11(2,3)9-4-6-13-7-5-9;1-10(2,14-9(13)7-11)8-3-5-12-6-4-8/h3-13H2,1-2H3;3-12H2,1-2H3;9-11H,3-8H2,1-2H3;11,15H,3-10H2,1-2H3;9H,2-8,14H2,1H3;10,14H,3-9H2,1-2H3;8-9,13H,4-7H2,1-3H3;8,12H,3-7H2,1-2H3/p+8. The highest BCUT2D eigenvalue weighted by Crippen LogP contribution is 2.33. The van der Waals surface area contributed by atoms with Gasteiger partial charge in [0.05, 0.1) is 149 Å². The molecule has 8 rings (SSSR count). The fourth-order valence-corrected chi connectivity index (χ4v) is 18.6. The predicted octanol–water partition coefficient (Wildman–Crippen LogP) is 6.59. The second kappa shape index (κ2) is 82.2. The number of nitrogens with one attached hydrogen (secondary N) is 3. The van der Waals surface area contributed by atoms with Crippen molar-refractivity contribution in [3.63, 3.8) is 0 Å². The molecule has 0 aromatic heterocycles. The molecule has 8 fully saturated rings. The van der Waals surface area contributed by atoms with Crippen LogP contribution in [0.5, 0.6) is 0 Å². The highest BCUT2D eigenvalue weighted by Gasteiger charge is 2.43. The molecule has 0 spiro atoms. The van der Waals surface area contributed by atoms with Gasteiger partial charge in [0.1, 0.15) is 124 Å². The summed E-state index contributed by atoms with van der Waals surface area (Å²) in [5.74, 6) is 0.357. The summed E-state index contributed by atoms with van der Waals surface area (Å²) in [5, 5.41) is 9.33. The SMILES string of the molecule is CC(C)(I)C(=O)OCCOCCOCC[NH+]1CCCCC1.CC(C)(I)C(=O)OCCOCCOCC[NH+]1CCOCC1.CC(C)(OC(=O)CCCCI)C1CC[NH2+]CC1.CC(C)(OC(=O)CCCI)C1CC[NH2+]CC1.CC(C)(OC(=O)CI)C1CC[NH2+]CC1.CC(I)C(=O)OC(C)(C)C1CC[NH2+]CC1.CC(I)C(=O)OCC(C[NH+]1CCOCC1)OC(=O)C(C)I.CC(I)C(=O)OCCOC(=O)C1([NH3+])CCCCC1. The molecular formula is C100H187I9N8O26+8.